The van der Waals surface area contributed by atoms with Crippen LogP contribution in [0, 0.1) is 0 Å². The van der Waals surface area contributed by atoms with Gasteiger partial charge in [0.25, 0.3) is 5.91 Å². The molecule has 2 rings (SSSR count). The fraction of sp³-hybridized carbons (Fsp3) is 0.346. The van der Waals surface area contributed by atoms with Crippen LogP contribution in [0.15, 0.2) is 60.7 Å². The minimum atomic E-state index is -1.30. The Kier molecular flexibility index (Phi) is 11.7. The van der Waals surface area contributed by atoms with E-state index in [1.807, 2.05) is 30.3 Å². The summed E-state index contributed by atoms with van der Waals surface area (Å²) in [5, 5.41) is 5.15. The van der Waals surface area contributed by atoms with Crippen LogP contribution in [0.5, 0.6) is 0 Å². The maximum atomic E-state index is 13.7. The van der Waals surface area contributed by atoms with Crippen molar-refractivity contribution in [2.45, 2.75) is 37.8 Å². The molecule has 0 saturated carbocycles. The Morgan fingerprint density at radius 1 is 0.811 bits per heavy atom. The van der Waals surface area contributed by atoms with Gasteiger partial charge >= 0.3 is 0 Å². The lowest BCUT2D eigenvalue weighted by molar-refractivity contribution is -0.138. The van der Waals surface area contributed by atoms with E-state index in [9.17, 15) is 24.0 Å². The molecule has 0 fully saturated rings. The molecule has 5 amide bonds. The van der Waals surface area contributed by atoms with Gasteiger partial charge in [-0.1, -0.05) is 48.5 Å². The minimum Gasteiger partial charge on any atom is -0.370 e. The van der Waals surface area contributed by atoms with E-state index in [2.05, 4.69) is 10.6 Å². The van der Waals surface area contributed by atoms with Crippen molar-refractivity contribution in [1.82, 2.24) is 15.5 Å². The molecular formula is C26H34N6O5. The van der Waals surface area contributed by atoms with Crippen LogP contribution in [-0.2, 0) is 25.6 Å². The third-order valence-corrected chi connectivity index (χ3v) is 5.53. The molecule has 8 N–H and O–H groups in total. The number of nitrogens with one attached hydrogen (secondary N) is 2. The monoisotopic (exact) mass is 510 g/mol. The maximum Gasteiger partial charge on any atom is 0.251 e. The second-order valence-electron chi connectivity index (χ2n) is 8.53. The molecule has 0 aliphatic carbocycles. The fourth-order valence-electron chi connectivity index (χ4n) is 3.65. The summed E-state index contributed by atoms with van der Waals surface area (Å²) in [6.45, 7) is 0.167. The smallest absolute Gasteiger partial charge is 0.251 e. The Morgan fingerprint density at radius 3 is 2.00 bits per heavy atom. The van der Waals surface area contributed by atoms with Gasteiger partial charge in [-0.2, -0.15) is 0 Å². The molecule has 0 unspecified atom stereocenters. The van der Waals surface area contributed by atoms with Gasteiger partial charge < -0.3 is 32.7 Å². The van der Waals surface area contributed by atoms with Gasteiger partial charge in [0.05, 0.1) is 13.0 Å². The van der Waals surface area contributed by atoms with Crippen LogP contribution in [0.25, 0.3) is 0 Å². The summed E-state index contributed by atoms with van der Waals surface area (Å²) in [5.41, 5.74) is 17.2. The number of amides is 5. The lowest BCUT2D eigenvalue weighted by Crippen LogP contribution is -2.54. The lowest BCUT2D eigenvalue weighted by Gasteiger charge is -2.28. The molecule has 2 atom stereocenters. The van der Waals surface area contributed by atoms with Crippen LogP contribution in [-0.4, -0.2) is 66.2 Å². The zero-order valence-electron chi connectivity index (χ0n) is 20.6. The van der Waals surface area contributed by atoms with Crippen molar-refractivity contribution in [2.24, 2.45) is 17.2 Å². The third kappa shape index (κ3) is 10.1. The molecule has 0 spiro atoms. The standard InChI is InChI=1S/C26H34N6O5/c27-13-7-8-14-32(17-23(34)30-20(24(29)35)16-22(28)33)26(37)21(15-18-9-3-1-4-10-18)31-25(36)19-11-5-2-6-12-19/h1-6,9-12,20-21H,7-8,13-17,27H2,(H2,28,33)(H2,29,35)(H,30,34)(H,31,36)/t20-,21-/m0/s1. The Hall–Kier alpha value is -4.25. The predicted molar refractivity (Wildman–Crippen MR) is 138 cm³/mol. The van der Waals surface area contributed by atoms with E-state index >= 15 is 0 Å². The molecular weight excluding hydrogens is 476 g/mol. The first kappa shape index (κ1) is 29.0. The molecule has 0 heterocycles. The lowest BCUT2D eigenvalue weighted by atomic mass is 10.0. The number of primary amides is 2. The highest BCUT2D eigenvalue weighted by atomic mass is 16.2. The van der Waals surface area contributed by atoms with Crippen LogP contribution in [0.2, 0.25) is 0 Å². The number of hydrogen-bond acceptors (Lipinski definition) is 6. The zero-order chi connectivity index (χ0) is 27.2. The molecule has 0 radical (unpaired) electrons. The van der Waals surface area contributed by atoms with Crippen molar-refractivity contribution < 1.29 is 24.0 Å². The molecule has 0 saturated heterocycles. The minimum absolute atomic E-state index is 0.188. The summed E-state index contributed by atoms with van der Waals surface area (Å²) in [5.74, 6) is -3.35. The SMILES string of the molecule is NCCCCN(CC(=O)N[C@@H](CC(N)=O)C(N)=O)C(=O)[C@H](Cc1ccccc1)NC(=O)c1ccccc1. The second kappa shape index (κ2) is 15.0. The van der Waals surface area contributed by atoms with Crippen LogP contribution >= 0.6 is 0 Å². The van der Waals surface area contributed by atoms with Gasteiger partial charge in [-0.15, -0.1) is 0 Å². The zero-order valence-corrected chi connectivity index (χ0v) is 20.6. The highest BCUT2D eigenvalue weighted by molar-refractivity contribution is 5.98. The van der Waals surface area contributed by atoms with E-state index in [-0.39, 0.29) is 13.0 Å². The van der Waals surface area contributed by atoms with Gasteiger partial charge in [0, 0.05) is 18.5 Å². The summed E-state index contributed by atoms with van der Waals surface area (Å²) in [6.07, 6.45) is 0.849. The quantitative estimate of drug-likeness (QED) is 0.199. The first-order chi connectivity index (χ1) is 17.7. The first-order valence-corrected chi connectivity index (χ1v) is 12.0. The van der Waals surface area contributed by atoms with Crippen molar-refractivity contribution in [3.05, 3.63) is 71.8 Å². The topological polar surface area (TPSA) is 191 Å². The van der Waals surface area contributed by atoms with Gasteiger partial charge in [-0.25, -0.2) is 0 Å². The van der Waals surface area contributed by atoms with E-state index in [0.29, 0.717) is 24.9 Å². The van der Waals surface area contributed by atoms with Gasteiger partial charge in [0.1, 0.15) is 12.1 Å². The van der Waals surface area contributed by atoms with Gasteiger partial charge in [0.2, 0.25) is 23.6 Å². The normalized spacial score (nSPS) is 12.1. The average Bonchev–Trinajstić information content (AvgIpc) is 2.87. The summed E-state index contributed by atoms with van der Waals surface area (Å²) >= 11 is 0. The number of rotatable bonds is 15. The van der Waals surface area contributed by atoms with Gasteiger partial charge in [-0.3, -0.25) is 24.0 Å². The Bertz CT molecular complexity index is 1060. The van der Waals surface area contributed by atoms with Crippen LogP contribution in [0.3, 0.4) is 0 Å². The molecule has 11 nitrogen and oxygen atoms in total. The van der Waals surface area contributed by atoms with E-state index < -0.39 is 54.6 Å². The molecule has 0 aromatic heterocycles. The van der Waals surface area contributed by atoms with E-state index in [1.165, 1.54) is 4.90 Å². The summed E-state index contributed by atoms with van der Waals surface area (Å²) in [7, 11) is 0. The van der Waals surface area contributed by atoms with Gasteiger partial charge in [-0.05, 0) is 37.1 Å². The number of nitrogens with two attached hydrogens (primary N) is 3. The van der Waals surface area contributed by atoms with Crippen molar-refractivity contribution in [3.63, 3.8) is 0 Å². The number of hydrogen-bond donors (Lipinski definition) is 5. The molecule has 198 valence electrons. The number of benzene rings is 2. The van der Waals surface area contributed by atoms with Crippen molar-refractivity contribution in [2.75, 3.05) is 19.6 Å². The van der Waals surface area contributed by atoms with Crippen molar-refractivity contribution >= 4 is 29.5 Å². The Morgan fingerprint density at radius 2 is 1.43 bits per heavy atom. The first-order valence-electron chi connectivity index (χ1n) is 12.0. The Labute approximate surface area is 215 Å². The van der Waals surface area contributed by atoms with E-state index in [1.54, 1.807) is 30.3 Å². The number of carbonyl (C=O) groups is 5. The second-order valence-corrected chi connectivity index (χ2v) is 8.53. The molecule has 0 aliphatic rings. The average molecular weight is 511 g/mol. The highest BCUT2D eigenvalue weighted by Crippen LogP contribution is 2.10. The van der Waals surface area contributed by atoms with E-state index in [4.69, 9.17) is 17.2 Å². The van der Waals surface area contributed by atoms with Crippen molar-refractivity contribution in [1.29, 1.82) is 0 Å². The molecule has 37 heavy (non-hydrogen) atoms. The van der Waals surface area contributed by atoms with Gasteiger partial charge in [0.15, 0.2) is 0 Å². The maximum absolute atomic E-state index is 13.7. The summed E-state index contributed by atoms with van der Waals surface area (Å²) < 4.78 is 0. The predicted octanol–water partition coefficient (Wildman–Crippen LogP) is -0.559. The fourth-order valence-corrected chi connectivity index (χ4v) is 3.65. The van der Waals surface area contributed by atoms with E-state index in [0.717, 1.165) is 5.56 Å². The highest BCUT2D eigenvalue weighted by Gasteiger charge is 2.29. The van der Waals surface area contributed by atoms with Crippen LogP contribution in [0.4, 0.5) is 0 Å². The molecule has 0 aliphatic heterocycles. The molecule has 0 bridgehead atoms. The largest absolute Gasteiger partial charge is 0.370 e. The molecule has 11 heteroatoms. The number of nitrogens with zero attached hydrogens (tertiary/aromatic N) is 1. The number of unbranched alkanes of at least 4 members (excludes halogenated alkanes) is 1. The van der Waals surface area contributed by atoms with Crippen molar-refractivity contribution in [3.8, 4) is 0 Å². The van der Waals surface area contributed by atoms with Crippen LogP contribution in [0.1, 0.15) is 35.2 Å². The Balaban J connectivity index is 2.26. The molecule has 2 aromatic rings. The summed E-state index contributed by atoms with van der Waals surface area (Å²) in [6, 6.07) is 15.4. The van der Waals surface area contributed by atoms with Crippen LogP contribution < -0.4 is 27.8 Å². The summed E-state index contributed by atoms with van der Waals surface area (Å²) in [4.78, 5) is 63.5. The number of carbonyl (C=O) groups excluding carboxylic acids is 5. The third-order valence-electron chi connectivity index (χ3n) is 5.53. The molecule has 2 aromatic carbocycles.